The molecule has 10 nitrogen and oxygen atoms in total. The first kappa shape index (κ1) is 33.3. The molecule has 0 bridgehead atoms. The number of ether oxygens (including phenoxy) is 1. The summed E-state index contributed by atoms with van der Waals surface area (Å²) in [5, 5.41) is 12.0. The van der Waals surface area contributed by atoms with Crippen LogP contribution in [0.5, 0.6) is 5.75 Å². The molecular weight excluding hydrogens is 603 g/mol. The second-order valence-corrected chi connectivity index (χ2v) is 11.8. The number of hydrogen-bond acceptors (Lipinski definition) is 7. The van der Waals surface area contributed by atoms with E-state index >= 15 is 0 Å². The predicted molar refractivity (Wildman–Crippen MR) is 167 cm³/mol. The van der Waals surface area contributed by atoms with Gasteiger partial charge in [-0.2, -0.15) is 0 Å². The van der Waals surface area contributed by atoms with E-state index in [4.69, 9.17) is 22.8 Å². The van der Waals surface area contributed by atoms with Gasteiger partial charge >= 0.3 is 5.97 Å². The van der Waals surface area contributed by atoms with Crippen LogP contribution in [0.1, 0.15) is 81.9 Å². The van der Waals surface area contributed by atoms with Gasteiger partial charge in [0.25, 0.3) is 17.7 Å². The number of carbonyl (C=O) groups excluding carboxylic acids is 3. The van der Waals surface area contributed by atoms with Crippen LogP contribution in [0.3, 0.4) is 0 Å². The lowest BCUT2D eigenvalue weighted by atomic mass is 9.89. The molecule has 1 aromatic carbocycles. The summed E-state index contributed by atoms with van der Waals surface area (Å²) in [6.07, 6.45) is 9.77. The van der Waals surface area contributed by atoms with Crippen molar-refractivity contribution in [3.63, 3.8) is 0 Å². The Balaban J connectivity index is 0.000000207. The Labute approximate surface area is 265 Å². The molecular formula is C33H34ClFN4O6. The average molecular weight is 637 g/mol. The number of nitrogens with one attached hydrogen (secondary N) is 1. The molecule has 5 rings (SSSR count). The molecule has 0 saturated carbocycles. The number of aryl methyl sites for hydroxylation is 1. The molecule has 0 saturated heterocycles. The molecule has 0 spiro atoms. The lowest BCUT2D eigenvalue weighted by molar-refractivity contribution is -0.124. The van der Waals surface area contributed by atoms with Crippen molar-refractivity contribution in [2.24, 2.45) is 10.9 Å². The number of halogens is 2. The first-order chi connectivity index (χ1) is 21.2. The Hall–Kier alpha value is -4.56. The van der Waals surface area contributed by atoms with Gasteiger partial charge in [-0.05, 0) is 69.6 Å². The highest BCUT2D eigenvalue weighted by Crippen LogP contribution is 2.39. The third-order valence-electron chi connectivity index (χ3n) is 8.14. The first-order valence-corrected chi connectivity index (χ1v) is 15.0. The van der Waals surface area contributed by atoms with Gasteiger partial charge in [0.2, 0.25) is 0 Å². The molecule has 3 heterocycles. The number of carboxylic acid groups (broad SMARTS) is 1. The number of carbonyl (C=O) groups is 4. The van der Waals surface area contributed by atoms with Crippen LogP contribution in [-0.4, -0.2) is 51.3 Å². The summed E-state index contributed by atoms with van der Waals surface area (Å²) in [7, 11) is 0. The maximum atomic E-state index is 14.4. The lowest BCUT2D eigenvalue weighted by Crippen LogP contribution is -2.41. The van der Waals surface area contributed by atoms with E-state index in [1.54, 1.807) is 26.1 Å². The number of aromatic nitrogens is 1. The highest BCUT2D eigenvalue weighted by atomic mass is 35.5. The van der Waals surface area contributed by atoms with Gasteiger partial charge in [-0.1, -0.05) is 38.3 Å². The number of pyridine rings is 1. The van der Waals surface area contributed by atoms with Crippen LogP contribution in [-0.2, 0) is 20.8 Å². The van der Waals surface area contributed by atoms with E-state index in [0.29, 0.717) is 30.4 Å². The van der Waals surface area contributed by atoms with E-state index in [1.165, 1.54) is 6.07 Å². The van der Waals surface area contributed by atoms with E-state index in [9.17, 15) is 28.7 Å². The molecule has 3 amide bonds. The van der Waals surface area contributed by atoms with E-state index in [1.807, 2.05) is 20.8 Å². The third-order valence-corrected chi connectivity index (χ3v) is 8.43. The van der Waals surface area contributed by atoms with Crippen molar-refractivity contribution in [1.82, 2.24) is 10.3 Å². The molecule has 2 aliphatic heterocycles. The summed E-state index contributed by atoms with van der Waals surface area (Å²) in [6.45, 7) is 9.09. The summed E-state index contributed by atoms with van der Waals surface area (Å²) in [5.41, 5.74) is 1.01. The number of carboxylic acids is 1. The number of aromatic carboxylic acids is 1. The lowest BCUT2D eigenvalue weighted by Gasteiger charge is -2.21. The first-order valence-electron chi connectivity index (χ1n) is 14.6. The fourth-order valence-electron chi connectivity index (χ4n) is 5.06. The Morgan fingerprint density at radius 2 is 1.80 bits per heavy atom. The Morgan fingerprint density at radius 1 is 1.18 bits per heavy atom. The number of amidine groups is 1. The SMILES string of the molecule is C#CC(C)Oc1cc(N2C(=O)C3=C(CCCC3)C2=O)c(F)cc1Cl.CCc1cnc(C2=NC(C)(C(C)C)C(=O)N2)c(C(=O)O)c1. The molecule has 236 valence electrons. The topological polar surface area (TPSA) is 138 Å². The van der Waals surface area contributed by atoms with Crippen molar-refractivity contribution >= 4 is 46.8 Å². The summed E-state index contributed by atoms with van der Waals surface area (Å²) < 4.78 is 19.8. The normalized spacial score (nSPS) is 19.8. The van der Waals surface area contributed by atoms with Crippen LogP contribution in [0.4, 0.5) is 10.1 Å². The van der Waals surface area contributed by atoms with Crippen LogP contribution in [0.15, 0.2) is 40.5 Å². The third kappa shape index (κ3) is 6.47. The second kappa shape index (κ2) is 13.2. The monoisotopic (exact) mass is 636 g/mol. The number of imide groups is 1. The number of rotatable bonds is 7. The molecule has 1 aliphatic carbocycles. The van der Waals surface area contributed by atoms with Gasteiger partial charge in [0.05, 0.1) is 16.3 Å². The number of benzene rings is 1. The standard InChI is InChI=1S/C18H15ClFNO3.C15H19N3O3/c1-3-10(2)24-16-9-15(14(20)8-13(16)19)21-17(22)11-6-4-5-7-12(11)18(21)23;1-5-9-6-10(13(19)20)11(16-7-9)12-17-14(21)15(4,18-12)8(2)3/h1,8-10H,4-7H2,2H3;6-8H,5H2,1-4H3,(H,19,20)(H,17,18,21). The predicted octanol–water partition coefficient (Wildman–Crippen LogP) is 5.26. The van der Waals surface area contributed by atoms with Gasteiger partial charge < -0.3 is 15.2 Å². The molecule has 12 heteroatoms. The molecule has 0 radical (unpaired) electrons. The molecule has 2 N–H and O–H groups in total. The second-order valence-electron chi connectivity index (χ2n) is 11.4. The number of hydrogen-bond donors (Lipinski definition) is 2. The van der Waals surface area contributed by atoms with E-state index in [2.05, 4.69) is 21.2 Å². The number of amides is 3. The minimum absolute atomic E-state index is 0.00167. The van der Waals surface area contributed by atoms with Crippen LogP contribution >= 0.6 is 11.6 Å². The molecule has 3 aliphatic rings. The Morgan fingerprint density at radius 3 is 2.31 bits per heavy atom. The van der Waals surface area contributed by atoms with Gasteiger partial charge in [0, 0.05) is 23.4 Å². The highest BCUT2D eigenvalue weighted by Gasteiger charge is 2.43. The molecule has 1 aromatic heterocycles. The largest absolute Gasteiger partial charge is 0.478 e. The maximum absolute atomic E-state index is 14.4. The van der Waals surface area contributed by atoms with Crippen molar-refractivity contribution in [2.75, 3.05) is 4.90 Å². The number of aliphatic imine (C=N–C) groups is 1. The number of anilines is 1. The van der Waals surface area contributed by atoms with Gasteiger partial charge in [-0.25, -0.2) is 19.1 Å². The van der Waals surface area contributed by atoms with Crippen LogP contribution in [0, 0.1) is 24.1 Å². The highest BCUT2D eigenvalue weighted by molar-refractivity contribution is 6.34. The van der Waals surface area contributed by atoms with E-state index in [-0.39, 0.29) is 45.4 Å². The summed E-state index contributed by atoms with van der Waals surface area (Å²) in [5.74, 6) is -0.274. The van der Waals surface area contributed by atoms with Crippen LogP contribution in [0.25, 0.3) is 0 Å². The van der Waals surface area contributed by atoms with Crippen molar-refractivity contribution < 1.29 is 33.4 Å². The van der Waals surface area contributed by atoms with E-state index < -0.39 is 35.2 Å². The number of terminal acetylenes is 1. The number of nitrogens with zero attached hydrogens (tertiary/aromatic N) is 3. The molecule has 2 atom stereocenters. The Kier molecular flexibility index (Phi) is 9.78. The summed E-state index contributed by atoms with van der Waals surface area (Å²) in [6, 6.07) is 3.84. The fourth-order valence-corrected chi connectivity index (χ4v) is 5.26. The van der Waals surface area contributed by atoms with E-state index in [0.717, 1.165) is 29.4 Å². The summed E-state index contributed by atoms with van der Waals surface area (Å²) in [4.78, 5) is 58.1. The van der Waals surface area contributed by atoms with Crippen molar-refractivity contribution in [1.29, 1.82) is 0 Å². The smallest absolute Gasteiger partial charge is 0.338 e. The quantitative estimate of drug-likeness (QED) is 0.312. The van der Waals surface area contributed by atoms with Crippen molar-refractivity contribution in [3.05, 3.63) is 63.2 Å². The zero-order valence-corrected chi connectivity index (χ0v) is 26.4. The molecule has 0 fully saturated rings. The molecule has 2 unspecified atom stereocenters. The molecule has 2 aromatic rings. The van der Waals surface area contributed by atoms with Gasteiger partial charge in [0.1, 0.15) is 22.8 Å². The van der Waals surface area contributed by atoms with Crippen LogP contribution < -0.4 is 15.0 Å². The zero-order chi connectivity index (χ0) is 33.2. The minimum Gasteiger partial charge on any atom is -0.478 e. The minimum atomic E-state index is -1.08. The van der Waals surface area contributed by atoms with Gasteiger partial charge in [-0.3, -0.25) is 19.4 Å². The van der Waals surface area contributed by atoms with Crippen molar-refractivity contribution in [2.45, 2.75) is 78.4 Å². The maximum Gasteiger partial charge on any atom is 0.338 e. The van der Waals surface area contributed by atoms with Crippen molar-refractivity contribution in [3.8, 4) is 18.1 Å². The average Bonchev–Trinajstić information content (AvgIpc) is 3.46. The Bertz CT molecular complexity index is 1670. The fraction of sp³-hybridized carbons (Fsp3) is 0.394. The van der Waals surface area contributed by atoms with Gasteiger partial charge in [-0.15, -0.1) is 6.42 Å². The summed E-state index contributed by atoms with van der Waals surface area (Å²) >= 11 is 5.97. The van der Waals surface area contributed by atoms with Gasteiger partial charge in [0.15, 0.2) is 11.9 Å². The zero-order valence-electron chi connectivity index (χ0n) is 25.7. The molecule has 45 heavy (non-hydrogen) atoms. The van der Waals surface area contributed by atoms with Crippen LogP contribution in [0.2, 0.25) is 5.02 Å².